The summed E-state index contributed by atoms with van der Waals surface area (Å²) in [6, 6.07) is 0. The van der Waals surface area contributed by atoms with Crippen LogP contribution in [0.5, 0.6) is 0 Å². The number of ether oxygens (including phenoxy) is 1. The Balaban J connectivity index is 6.37. The molecule has 2 atom stereocenters. The van der Waals surface area contributed by atoms with E-state index in [1.165, 1.54) is 0 Å². The molecule has 0 aliphatic carbocycles. The second-order valence-electron chi connectivity index (χ2n) is 13.3. The maximum atomic E-state index is 13.1. The number of hydrogen-bond donors (Lipinski definition) is 3. The molecule has 246 valence electrons. The molecule has 1 amide bonds. The number of hydrogen-bond acceptors (Lipinski definition) is 4. The zero-order chi connectivity index (χ0) is 32.8. The number of carbonyl (C=O) groups is 3. The Kier molecular flexibility index (Phi) is 17.2. The van der Waals surface area contributed by atoms with E-state index in [1.54, 1.807) is 0 Å². The van der Waals surface area contributed by atoms with Crippen molar-refractivity contribution in [2.45, 2.75) is 152 Å². The first-order chi connectivity index (χ1) is 19.6. The van der Waals surface area contributed by atoms with E-state index < -0.39 is 17.9 Å². The lowest BCUT2D eigenvalue weighted by Gasteiger charge is -2.53. The van der Waals surface area contributed by atoms with Crippen LogP contribution >= 0.6 is 0 Å². The Bertz CT molecular complexity index is 850. The van der Waals surface area contributed by atoms with Crippen LogP contribution < -0.4 is 5.32 Å². The van der Waals surface area contributed by atoms with Gasteiger partial charge in [-0.1, -0.05) is 88.7 Å². The van der Waals surface area contributed by atoms with Crippen molar-refractivity contribution in [2.24, 2.45) is 27.6 Å². The van der Waals surface area contributed by atoms with Gasteiger partial charge in [-0.2, -0.15) is 0 Å². The molecule has 0 rings (SSSR count). The van der Waals surface area contributed by atoms with Crippen molar-refractivity contribution in [3.8, 4) is 0 Å². The van der Waals surface area contributed by atoms with Gasteiger partial charge in [0.2, 0.25) is 5.91 Å². The van der Waals surface area contributed by atoms with Crippen molar-refractivity contribution in [2.75, 3.05) is 13.2 Å². The number of rotatable bonds is 24. The third-order valence-corrected chi connectivity index (χ3v) is 11.4. The predicted octanol–water partition coefficient (Wildman–Crippen LogP) is 8.66. The SMILES string of the molecule is C=C(CC(=O)NCCCOC(CC(C)(CC)CC)C(CC)(CC)CC(CC)(CC)C(C(=O)O)C(C)(CC)CC)C(=O)O. The van der Waals surface area contributed by atoms with Crippen LogP contribution in [0.25, 0.3) is 0 Å². The second kappa shape index (κ2) is 18.0. The van der Waals surface area contributed by atoms with Gasteiger partial charge in [0.25, 0.3) is 0 Å². The number of aliphatic carboxylic acids is 2. The van der Waals surface area contributed by atoms with Crippen LogP contribution in [0.3, 0.4) is 0 Å². The highest BCUT2D eigenvalue weighted by Crippen LogP contribution is 2.57. The first-order valence-corrected chi connectivity index (χ1v) is 16.6. The lowest BCUT2D eigenvalue weighted by molar-refractivity contribution is -0.162. The fourth-order valence-electron chi connectivity index (χ4n) is 7.03. The molecule has 42 heavy (non-hydrogen) atoms. The van der Waals surface area contributed by atoms with Gasteiger partial charge in [0.1, 0.15) is 0 Å². The number of carboxylic acids is 2. The van der Waals surface area contributed by atoms with E-state index in [2.05, 4.69) is 81.1 Å². The van der Waals surface area contributed by atoms with Crippen LogP contribution in [0, 0.1) is 27.6 Å². The van der Waals surface area contributed by atoms with Gasteiger partial charge in [0, 0.05) is 18.7 Å². The van der Waals surface area contributed by atoms with Gasteiger partial charge >= 0.3 is 11.9 Å². The quantitative estimate of drug-likeness (QED) is 0.0760. The molecule has 7 heteroatoms. The number of carbonyl (C=O) groups excluding carboxylic acids is 1. The van der Waals surface area contributed by atoms with E-state index in [-0.39, 0.29) is 45.7 Å². The molecular weight excluding hydrogens is 530 g/mol. The highest BCUT2D eigenvalue weighted by Gasteiger charge is 2.54. The molecule has 7 nitrogen and oxygen atoms in total. The topological polar surface area (TPSA) is 113 Å². The van der Waals surface area contributed by atoms with Crippen LogP contribution in [-0.4, -0.2) is 47.3 Å². The Morgan fingerprint density at radius 1 is 0.786 bits per heavy atom. The zero-order valence-corrected chi connectivity index (χ0v) is 28.8. The molecule has 2 unspecified atom stereocenters. The summed E-state index contributed by atoms with van der Waals surface area (Å²) in [5, 5.41) is 22.5. The van der Waals surface area contributed by atoms with E-state index in [4.69, 9.17) is 9.84 Å². The number of nitrogens with one attached hydrogen (secondary N) is 1. The van der Waals surface area contributed by atoms with Gasteiger partial charge < -0.3 is 20.3 Å². The standard InChI is InChI=1S/C35H65NO6/c1-12-32(10,13-2)24-27(42-22-20-21-36-28(37)23-26(9)30(38)39)34(16-5,17-6)25-35(18-7,19-8)29(31(40)41)33(11,14-3)15-4/h27,29H,9,12-25H2,1-8,10-11H3,(H,36,37)(H,38,39)(H,40,41). The van der Waals surface area contributed by atoms with Crippen LogP contribution in [-0.2, 0) is 19.1 Å². The minimum atomic E-state index is -1.17. The van der Waals surface area contributed by atoms with Crippen LogP contribution in [0.1, 0.15) is 146 Å². The Morgan fingerprint density at radius 2 is 1.29 bits per heavy atom. The summed E-state index contributed by atoms with van der Waals surface area (Å²) in [5.41, 5.74) is -0.894. The summed E-state index contributed by atoms with van der Waals surface area (Å²) in [4.78, 5) is 36.2. The molecule has 0 bridgehead atoms. The fourth-order valence-corrected chi connectivity index (χ4v) is 7.03. The monoisotopic (exact) mass is 595 g/mol. The van der Waals surface area contributed by atoms with Gasteiger partial charge in [-0.15, -0.1) is 0 Å². The molecule has 0 saturated heterocycles. The average molecular weight is 596 g/mol. The maximum Gasteiger partial charge on any atom is 0.331 e. The Morgan fingerprint density at radius 3 is 1.67 bits per heavy atom. The van der Waals surface area contributed by atoms with Crippen molar-refractivity contribution >= 4 is 17.8 Å². The van der Waals surface area contributed by atoms with Gasteiger partial charge in [-0.05, 0) is 79.4 Å². The summed E-state index contributed by atoms with van der Waals surface area (Å²) in [6.45, 7) is 26.3. The van der Waals surface area contributed by atoms with Crippen LogP contribution in [0.4, 0.5) is 0 Å². The normalized spacial score (nSPS) is 14.3. The molecule has 0 radical (unpaired) electrons. The molecule has 0 aliphatic heterocycles. The lowest BCUT2D eigenvalue weighted by Crippen LogP contribution is -2.51. The van der Waals surface area contributed by atoms with Crippen LogP contribution in [0.2, 0.25) is 0 Å². The molecule has 0 saturated carbocycles. The van der Waals surface area contributed by atoms with Gasteiger partial charge in [-0.25, -0.2) is 4.79 Å². The van der Waals surface area contributed by atoms with Gasteiger partial charge in [-0.3, -0.25) is 9.59 Å². The third kappa shape index (κ3) is 10.4. The second-order valence-corrected chi connectivity index (χ2v) is 13.3. The summed E-state index contributed by atoms with van der Waals surface area (Å²) in [5.74, 6) is -2.66. The van der Waals surface area contributed by atoms with Gasteiger partial charge in [0.15, 0.2) is 0 Å². The lowest BCUT2D eigenvalue weighted by atomic mass is 9.52. The average Bonchev–Trinajstić information content (AvgIpc) is 2.97. The van der Waals surface area contributed by atoms with Gasteiger partial charge in [0.05, 0.1) is 18.4 Å². The zero-order valence-electron chi connectivity index (χ0n) is 28.8. The molecule has 0 fully saturated rings. The molecule has 0 aromatic carbocycles. The summed E-state index contributed by atoms with van der Waals surface area (Å²) < 4.78 is 6.79. The number of carboxylic acid groups (broad SMARTS) is 2. The minimum Gasteiger partial charge on any atom is -0.481 e. The molecule has 0 heterocycles. The van der Waals surface area contributed by atoms with Crippen molar-refractivity contribution in [1.82, 2.24) is 5.32 Å². The molecule has 0 aromatic heterocycles. The van der Waals surface area contributed by atoms with E-state index >= 15 is 0 Å². The summed E-state index contributed by atoms with van der Waals surface area (Å²) >= 11 is 0. The minimum absolute atomic E-state index is 0.0543. The van der Waals surface area contributed by atoms with E-state index in [9.17, 15) is 19.5 Å². The Hall–Kier alpha value is -1.89. The molecule has 0 spiro atoms. The van der Waals surface area contributed by atoms with Crippen molar-refractivity contribution in [3.63, 3.8) is 0 Å². The number of amides is 1. The molecular formula is C35H65NO6. The smallest absolute Gasteiger partial charge is 0.331 e. The fraction of sp³-hybridized carbons (Fsp3) is 0.857. The van der Waals surface area contributed by atoms with E-state index in [0.29, 0.717) is 19.6 Å². The molecule has 0 aromatic rings. The Labute approximate surface area is 257 Å². The van der Waals surface area contributed by atoms with E-state index in [0.717, 1.165) is 64.2 Å². The van der Waals surface area contributed by atoms with Crippen molar-refractivity contribution in [1.29, 1.82) is 0 Å². The molecule has 0 aliphatic rings. The highest BCUT2D eigenvalue weighted by molar-refractivity contribution is 5.93. The first kappa shape index (κ1) is 40.1. The van der Waals surface area contributed by atoms with Crippen LogP contribution in [0.15, 0.2) is 12.2 Å². The van der Waals surface area contributed by atoms with E-state index in [1.807, 2.05) is 0 Å². The third-order valence-electron chi connectivity index (χ3n) is 11.4. The maximum absolute atomic E-state index is 13.1. The summed E-state index contributed by atoms with van der Waals surface area (Å²) in [6.07, 6.45) is 9.13. The van der Waals surface area contributed by atoms with Crippen molar-refractivity contribution < 1.29 is 29.3 Å². The first-order valence-electron chi connectivity index (χ1n) is 16.6. The summed E-state index contributed by atoms with van der Waals surface area (Å²) in [7, 11) is 0. The molecule has 3 N–H and O–H groups in total. The predicted molar refractivity (Wildman–Crippen MR) is 173 cm³/mol. The van der Waals surface area contributed by atoms with Crippen molar-refractivity contribution in [3.05, 3.63) is 12.2 Å². The highest BCUT2D eigenvalue weighted by atomic mass is 16.5. The largest absolute Gasteiger partial charge is 0.481 e.